The van der Waals surface area contributed by atoms with Gasteiger partial charge in [-0.05, 0) is 44.4 Å². The molecule has 0 aromatic carbocycles. The van der Waals surface area contributed by atoms with Crippen LogP contribution in [0.4, 0.5) is 0 Å². The Morgan fingerprint density at radius 2 is 1.89 bits per heavy atom. The first kappa shape index (κ1) is 13.8. The summed E-state index contributed by atoms with van der Waals surface area (Å²) in [7, 11) is 1.82. The summed E-state index contributed by atoms with van der Waals surface area (Å²) < 4.78 is 5.26. The average Bonchev–Trinajstić information content (AvgIpc) is 3.28. The van der Waals surface area contributed by atoms with Gasteiger partial charge in [-0.1, -0.05) is 12.8 Å². The Kier molecular flexibility index (Phi) is 4.78. The van der Waals surface area contributed by atoms with E-state index in [2.05, 4.69) is 10.2 Å². The fourth-order valence-electron chi connectivity index (χ4n) is 4.07. The van der Waals surface area contributed by atoms with Gasteiger partial charge in [0.25, 0.3) is 0 Å². The molecular weight excluding hydrogens is 236 g/mol. The minimum Gasteiger partial charge on any atom is -0.383 e. The topological polar surface area (TPSA) is 24.5 Å². The Morgan fingerprint density at radius 3 is 2.68 bits per heavy atom. The Labute approximate surface area is 118 Å². The van der Waals surface area contributed by atoms with Gasteiger partial charge in [0.1, 0.15) is 0 Å². The van der Waals surface area contributed by atoms with Crippen LogP contribution in [0.25, 0.3) is 0 Å². The molecule has 3 aliphatic rings. The molecule has 3 rings (SSSR count). The van der Waals surface area contributed by atoms with E-state index in [9.17, 15) is 0 Å². The van der Waals surface area contributed by atoms with Crippen LogP contribution >= 0.6 is 0 Å². The summed E-state index contributed by atoms with van der Waals surface area (Å²) in [5.74, 6) is 0.985. The number of nitrogens with one attached hydrogen (secondary N) is 1. The third-order valence-electron chi connectivity index (χ3n) is 5.35. The molecule has 3 unspecified atom stereocenters. The van der Waals surface area contributed by atoms with Gasteiger partial charge in [0.2, 0.25) is 0 Å². The molecule has 3 fully saturated rings. The maximum absolute atomic E-state index is 5.26. The van der Waals surface area contributed by atoms with Crippen LogP contribution in [0.3, 0.4) is 0 Å². The number of piperidine rings is 1. The molecule has 2 aliphatic carbocycles. The molecule has 19 heavy (non-hydrogen) atoms. The minimum atomic E-state index is 0.733. The van der Waals surface area contributed by atoms with Crippen LogP contribution in [0.1, 0.15) is 51.4 Å². The molecule has 0 aromatic heterocycles. The normalized spacial score (nSPS) is 35.4. The molecule has 3 nitrogen and oxygen atoms in total. The first-order valence-electron chi connectivity index (χ1n) is 8.36. The van der Waals surface area contributed by atoms with Crippen LogP contribution in [-0.4, -0.2) is 49.8 Å². The highest BCUT2D eigenvalue weighted by Crippen LogP contribution is 2.33. The van der Waals surface area contributed by atoms with Crippen molar-refractivity contribution < 1.29 is 4.74 Å². The number of hydrogen-bond acceptors (Lipinski definition) is 3. The average molecular weight is 266 g/mol. The van der Waals surface area contributed by atoms with Gasteiger partial charge in [0.15, 0.2) is 0 Å². The zero-order valence-electron chi connectivity index (χ0n) is 12.4. The molecule has 0 bridgehead atoms. The molecule has 1 N–H and O–H groups in total. The highest BCUT2D eigenvalue weighted by atomic mass is 16.5. The van der Waals surface area contributed by atoms with E-state index >= 15 is 0 Å². The second kappa shape index (κ2) is 6.55. The molecule has 1 saturated heterocycles. The summed E-state index contributed by atoms with van der Waals surface area (Å²) in [6.07, 6.45) is 11.5. The lowest BCUT2D eigenvalue weighted by Crippen LogP contribution is -2.53. The first-order chi connectivity index (χ1) is 9.36. The van der Waals surface area contributed by atoms with Gasteiger partial charge in [0, 0.05) is 38.3 Å². The standard InChI is InChI=1S/C16H30N2O/c1-19-11-10-18(15-8-9-15)12-14-7-6-13-4-2-3-5-16(13)17-14/h13-17H,2-12H2,1H3. The summed E-state index contributed by atoms with van der Waals surface area (Å²) in [6.45, 7) is 3.25. The number of nitrogens with zero attached hydrogens (tertiary/aromatic N) is 1. The van der Waals surface area contributed by atoms with Gasteiger partial charge in [-0.25, -0.2) is 0 Å². The van der Waals surface area contributed by atoms with Gasteiger partial charge in [0.05, 0.1) is 6.61 Å². The Bertz CT molecular complexity index is 280. The molecule has 3 heteroatoms. The van der Waals surface area contributed by atoms with E-state index in [-0.39, 0.29) is 0 Å². The number of rotatable bonds is 6. The first-order valence-corrected chi connectivity index (χ1v) is 8.36. The maximum atomic E-state index is 5.26. The van der Waals surface area contributed by atoms with Crippen LogP contribution in [0.5, 0.6) is 0 Å². The number of methoxy groups -OCH3 is 1. The fraction of sp³-hybridized carbons (Fsp3) is 1.00. The van der Waals surface area contributed by atoms with Crippen LogP contribution in [0.2, 0.25) is 0 Å². The van der Waals surface area contributed by atoms with Crippen molar-refractivity contribution in [2.75, 3.05) is 26.8 Å². The molecule has 0 amide bonds. The monoisotopic (exact) mass is 266 g/mol. The molecule has 110 valence electrons. The quantitative estimate of drug-likeness (QED) is 0.799. The van der Waals surface area contributed by atoms with Crippen molar-refractivity contribution >= 4 is 0 Å². The summed E-state index contributed by atoms with van der Waals surface area (Å²) >= 11 is 0. The lowest BCUT2D eigenvalue weighted by molar-refractivity contribution is 0.112. The van der Waals surface area contributed by atoms with Crippen LogP contribution in [0, 0.1) is 5.92 Å². The van der Waals surface area contributed by atoms with E-state index < -0.39 is 0 Å². The zero-order valence-corrected chi connectivity index (χ0v) is 12.4. The molecule has 0 radical (unpaired) electrons. The van der Waals surface area contributed by atoms with Crippen molar-refractivity contribution in [2.45, 2.75) is 69.5 Å². The van der Waals surface area contributed by atoms with E-state index in [4.69, 9.17) is 4.74 Å². The number of ether oxygens (including phenoxy) is 1. The lowest BCUT2D eigenvalue weighted by Gasteiger charge is -2.42. The highest BCUT2D eigenvalue weighted by molar-refractivity contribution is 4.93. The minimum absolute atomic E-state index is 0.733. The summed E-state index contributed by atoms with van der Waals surface area (Å²) in [5, 5.41) is 3.96. The van der Waals surface area contributed by atoms with Crippen molar-refractivity contribution in [2.24, 2.45) is 5.92 Å². The van der Waals surface area contributed by atoms with E-state index in [0.717, 1.165) is 37.2 Å². The summed E-state index contributed by atoms with van der Waals surface area (Å²) in [5.41, 5.74) is 0. The number of fused-ring (bicyclic) bond motifs is 1. The lowest BCUT2D eigenvalue weighted by atomic mass is 9.77. The van der Waals surface area contributed by atoms with E-state index in [0.29, 0.717) is 0 Å². The van der Waals surface area contributed by atoms with Crippen molar-refractivity contribution in [3.63, 3.8) is 0 Å². The second-order valence-electron chi connectivity index (χ2n) is 6.81. The summed E-state index contributed by atoms with van der Waals surface area (Å²) in [4.78, 5) is 2.67. The highest BCUT2D eigenvalue weighted by Gasteiger charge is 2.35. The van der Waals surface area contributed by atoms with E-state index in [1.807, 2.05) is 7.11 Å². The predicted molar refractivity (Wildman–Crippen MR) is 78.4 cm³/mol. The third-order valence-corrected chi connectivity index (χ3v) is 5.35. The van der Waals surface area contributed by atoms with Crippen molar-refractivity contribution in [1.82, 2.24) is 10.2 Å². The predicted octanol–water partition coefficient (Wildman–Crippen LogP) is 2.41. The Morgan fingerprint density at radius 1 is 1.05 bits per heavy atom. The van der Waals surface area contributed by atoms with Crippen molar-refractivity contribution in [3.8, 4) is 0 Å². The van der Waals surface area contributed by atoms with Gasteiger partial charge in [-0.2, -0.15) is 0 Å². The van der Waals surface area contributed by atoms with Gasteiger partial charge < -0.3 is 10.1 Å². The summed E-state index contributed by atoms with van der Waals surface area (Å²) in [6, 6.07) is 2.42. The Hall–Kier alpha value is -0.120. The number of hydrogen-bond donors (Lipinski definition) is 1. The van der Waals surface area contributed by atoms with Crippen molar-refractivity contribution in [3.05, 3.63) is 0 Å². The SMILES string of the molecule is COCCN(CC1CCC2CCCCC2N1)C1CC1. The smallest absolute Gasteiger partial charge is 0.0589 e. The molecule has 1 heterocycles. The van der Waals surface area contributed by atoms with Crippen LogP contribution < -0.4 is 5.32 Å². The van der Waals surface area contributed by atoms with E-state index in [1.54, 1.807) is 0 Å². The zero-order chi connectivity index (χ0) is 13.1. The third kappa shape index (κ3) is 3.71. The molecule has 0 spiro atoms. The molecular formula is C16H30N2O. The Balaban J connectivity index is 1.48. The fourth-order valence-corrected chi connectivity index (χ4v) is 4.07. The molecule has 0 aromatic rings. The van der Waals surface area contributed by atoms with Gasteiger partial charge >= 0.3 is 0 Å². The van der Waals surface area contributed by atoms with Crippen molar-refractivity contribution in [1.29, 1.82) is 0 Å². The van der Waals surface area contributed by atoms with E-state index in [1.165, 1.54) is 57.9 Å². The molecule has 2 saturated carbocycles. The maximum Gasteiger partial charge on any atom is 0.0589 e. The van der Waals surface area contributed by atoms with Gasteiger partial charge in [-0.15, -0.1) is 0 Å². The second-order valence-corrected chi connectivity index (χ2v) is 6.81. The molecule has 1 aliphatic heterocycles. The molecule has 3 atom stereocenters. The van der Waals surface area contributed by atoms with Crippen LogP contribution in [0.15, 0.2) is 0 Å². The largest absolute Gasteiger partial charge is 0.383 e. The van der Waals surface area contributed by atoms with Gasteiger partial charge in [-0.3, -0.25) is 4.90 Å². The van der Waals surface area contributed by atoms with Crippen LogP contribution in [-0.2, 0) is 4.74 Å².